The van der Waals surface area contributed by atoms with Crippen LogP contribution >= 0.6 is 11.3 Å². The van der Waals surface area contributed by atoms with Gasteiger partial charge in [0.15, 0.2) is 15.0 Å². The van der Waals surface area contributed by atoms with E-state index in [1.807, 2.05) is 60.7 Å². The molecule has 35 heavy (non-hydrogen) atoms. The number of amides is 1. The highest BCUT2D eigenvalue weighted by molar-refractivity contribution is 7.91. The van der Waals surface area contributed by atoms with Crippen molar-refractivity contribution in [2.45, 2.75) is 25.2 Å². The Bertz CT molecular complexity index is 1420. The van der Waals surface area contributed by atoms with Gasteiger partial charge in [0.1, 0.15) is 5.82 Å². The lowest BCUT2D eigenvalue weighted by Gasteiger charge is -2.22. The van der Waals surface area contributed by atoms with Crippen molar-refractivity contribution in [3.63, 3.8) is 0 Å². The second-order valence-corrected chi connectivity index (χ2v) is 11.9. The average Bonchev–Trinajstić information content (AvgIpc) is 3.22. The van der Waals surface area contributed by atoms with Crippen LogP contribution in [0, 0.1) is 11.2 Å². The Hall–Kier alpha value is -3.36. The van der Waals surface area contributed by atoms with Crippen molar-refractivity contribution in [1.82, 2.24) is 4.98 Å². The molecule has 0 radical (unpaired) electrons. The second-order valence-electron chi connectivity index (χ2n) is 8.87. The van der Waals surface area contributed by atoms with Gasteiger partial charge in [0.05, 0.1) is 21.8 Å². The summed E-state index contributed by atoms with van der Waals surface area (Å²) >= 11 is 1.38. The molecule has 4 aromatic rings. The van der Waals surface area contributed by atoms with Crippen molar-refractivity contribution in [2.24, 2.45) is 5.41 Å². The Morgan fingerprint density at radius 1 is 0.943 bits per heavy atom. The highest BCUT2D eigenvalue weighted by Gasteiger charge is 2.35. The predicted molar refractivity (Wildman–Crippen MR) is 138 cm³/mol. The fourth-order valence-electron chi connectivity index (χ4n) is 3.66. The summed E-state index contributed by atoms with van der Waals surface area (Å²) in [6.45, 7) is 3.14. The normalized spacial score (nSPS) is 11.9. The summed E-state index contributed by atoms with van der Waals surface area (Å²) in [5, 5.41) is 3.24. The third-order valence-electron chi connectivity index (χ3n) is 5.51. The molecule has 0 saturated heterocycles. The molecule has 0 atom stereocenters. The number of hydrogen-bond acceptors (Lipinski definition) is 5. The van der Waals surface area contributed by atoms with Crippen molar-refractivity contribution in [3.8, 4) is 11.3 Å². The average molecular weight is 509 g/mol. The molecule has 5 nitrogen and oxygen atoms in total. The number of hydrogen-bond donors (Lipinski definition) is 1. The van der Waals surface area contributed by atoms with E-state index in [1.54, 1.807) is 13.8 Å². The first-order valence-corrected chi connectivity index (χ1v) is 13.5. The standard InChI is InChI=1S/C27H25FN2O3S2/c1-27(2,18-35(32,33)22-15-13-21(28)14-16-22)25(31)30-26-29-24(20-11-7-4-8-12-20)23(34-26)17-19-9-5-3-6-10-19/h3-16H,17-18H2,1-2H3,(H,29,30,31). The van der Waals surface area contributed by atoms with Crippen LogP contribution < -0.4 is 5.32 Å². The lowest BCUT2D eigenvalue weighted by molar-refractivity contribution is -0.123. The van der Waals surface area contributed by atoms with Gasteiger partial charge in [-0.1, -0.05) is 74.5 Å². The maximum absolute atomic E-state index is 13.2. The number of nitrogens with zero attached hydrogens (tertiary/aromatic N) is 1. The molecule has 3 aromatic carbocycles. The number of thiazole rings is 1. The predicted octanol–water partition coefficient (Wildman–Crippen LogP) is 5.98. The fraction of sp³-hybridized carbons (Fsp3) is 0.185. The minimum atomic E-state index is -3.80. The van der Waals surface area contributed by atoms with Crippen LogP contribution in [0.15, 0.2) is 89.8 Å². The smallest absolute Gasteiger partial charge is 0.232 e. The van der Waals surface area contributed by atoms with E-state index in [0.29, 0.717) is 11.6 Å². The maximum Gasteiger partial charge on any atom is 0.232 e. The number of carbonyl (C=O) groups excluding carboxylic acids is 1. The summed E-state index contributed by atoms with van der Waals surface area (Å²) in [5.74, 6) is -1.40. The Morgan fingerprint density at radius 2 is 1.54 bits per heavy atom. The van der Waals surface area contributed by atoms with Crippen LogP contribution in [0.5, 0.6) is 0 Å². The number of anilines is 1. The van der Waals surface area contributed by atoms with Crippen molar-refractivity contribution in [1.29, 1.82) is 0 Å². The number of halogens is 1. The summed E-state index contributed by atoms with van der Waals surface area (Å²) in [5.41, 5.74) is 1.60. The molecule has 0 saturated carbocycles. The lowest BCUT2D eigenvalue weighted by atomic mass is 9.95. The van der Waals surface area contributed by atoms with Gasteiger partial charge < -0.3 is 5.32 Å². The molecule has 0 aliphatic rings. The SMILES string of the molecule is CC(C)(CS(=O)(=O)c1ccc(F)cc1)C(=O)Nc1nc(-c2ccccc2)c(Cc2ccccc2)s1. The van der Waals surface area contributed by atoms with Crippen LogP contribution in [-0.4, -0.2) is 25.1 Å². The number of benzene rings is 3. The van der Waals surface area contributed by atoms with E-state index >= 15 is 0 Å². The molecule has 1 aromatic heterocycles. The van der Waals surface area contributed by atoms with Crippen molar-refractivity contribution in [2.75, 3.05) is 11.1 Å². The van der Waals surface area contributed by atoms with Gasteiger partial charge in [-0.25, -0.2) is 17.8 Å². The highest BCUT2D eigenvalue weighted by Crippen LogP contribution is 2.34. The van der Waals surface area contributed by atoms with Gasteiger partial charge in [0.2, 0.25) is 5.91 Å². The Kier molecular flexibility index (Phi) is 7.14. The van der Waals surface area contributed by atoms with Crippen LogP contribution in [0.2, 0.25) is 0 Å². The van der Waals surface area contributed by atoms with Crippen molar-refractivity contribution >= 4 is 32.2 Å². The third kappa shape index (κ3) is 6.01. The van der Waals surface area contributed by atoms with Gasteiger partial charge in [0.25, 0.3) is 0 Å². The summed E-state index contributed by atoms with van der Waals surface area (Å²) < 4.78 is 38.9. The van der Waals surface area contributed by atoms with Crippen LogP contribution in [0.1, 0.15) is 24.3 Å². The number of rotatable bonds is 8. The zero-order valence-corrected chi connectivity index (χ0v) is 21.0. The number of aromatic nitrogens is 1. The minimum absolute atomic E-state index is 0.0227. The van der Waals surface area contributed by atoms with E-state index < -0.39 is 32.7 Å². The van der Waals surface area contributed by atoms with E-state index in [-0.39, 0.29) is 4.90 Å². The molecule has 1 heterocycles. The first-order valence-electron chi connectivity index (χ1n) is 11.0. The molecule has 180 valence electrons. The summed E-state index contributed by atoms with van der Waals surface area (Å²) in [6, 6.07) is 24.3. The zero-order chi connectivity index (χ0) is 25.1. The van der Waals surface area contributed by atoms with Crippen LogP contribution in [0.3, 0.4) is 0 Å². The molecule has 0 aliphatic heterocycles. The second kappa shape index (κ2) is 10.1. The molecule has 4 rings (SSSR count). The van der Waals surface area contributed by atoms with Crippen LogP contribution in [0.25, 0.3) is 11.3 Å². The van der Waals surface area contributed by atoms with E-state index in [1.165, 1.54) is 23.5 Å². The number of carbonyl (C=O) groups is 1. The maximum atomic E-state index is 13.2. The molecule has 0 fully saturated rings. The Balaban J connectivity index is 1.58. The quantitative estimate of drug-likeness (QED) is 0.297. The topological polar surface area (TPSA) is 76.1 Å². The van der Waals surface area contributed by atoms with Gasteiger partial charge in [-0.15, -0.1) is 11.3 Å². The van der Waals surface area contributed by atoms with Crippen LogP contribution in [0.4, 0.5) is 9.52 Å². The molecule has 8 heteroatoms. The highest BCUT2D eigenvalue weighted by atomic mass is 32.2. The summed E-state index contributed by atoms with van der Waals surface area (Å²) in [6.07, 6.45) is 0.654. The largest absolute Gasteiger partial charge is 0.301 e. The third-order valence-corrected chi connectivity index (χ3v) is 8.57. The first-order chi connectivity index (χ1) is 16.6. The van der Waals surface area contributed by atoms with Crippen molar-refractivity contribution < 1.29 is 17.6 Å². The molecule has 0 spiro atoms. The number of sulfone groups is 1. The molecule has 1 N–H and O–H groups in total. The first kappa shape index (κ1) is 24.8. The van der Waals surface area contributed by atoms with E-state index in [4.69, 9.17) is 0 Å². The van der Waals surface area contributed by atoms with Crippen molar-refractivity contribution in [3.05, 3.63) is 101 Å². The minimum Gasteiger partial charge on any atom is -0.301 e. The monoisotopic (exact) mass is 508 g/mol. The Labute approximate surface area is 208 Å². The van der Waals surface area contributed by atoms with Crippen LogP contribution in [-0.2, 0) is 21.1 Å². The van der Waals surface area contributed by atoms with Gasteiger partial charge in [-0.3, -0.25) is 4.79 Å². The van der Waals surface area contributed by atoms with Gasteiger partial charge in [0, 0.05) is 16.9 Å². The summed E-state index contributed by atoms with van der Waals surface area (Å²) in [4.78, 5) is 18.8. The number of nitrogens with one attached hydrogen (secondary N) is 1. The van der Waals surface area contributed by atoms with Gasteiger partial charge >= 0.3 is 0 Å². The van der Waals surface area contributed by atoms with Gasteiger partial charge in [-0.05, 0) is 29.8 Å². The Morgan fingerprint density at radius 3 is 2.17 bits per heavy atom. The lowest BCUT2D eigenvalue weighted by Crippen LogP contribution is -2.37. The molecular weight excluding hydrogens is 483 g/mol. The molecule has 0 unspecified atom stereocenters. The van der Waals surface area contributed by atoms with E-state index in [9.17, 15) is 17.6 Å². The van der Waals surface area contributed by atoms with E-state index in [2.05, 4.69) is 10.3 Å². The molecular formula is C27H25FN2O3S2. The van der Waals surface area contributed by atoms with E-state index in [0.717, 1.165) is 33.8 Å². The molecule has 0 bridgehead atoms. The fourth-order valence-corrected chi connectivity index (χ4v) is 6.47. The summed E-state index contributed by atoms with van der Waals surface area (Å²) in [7, 11) is -3.80. The van der Waals surface area contributed by atoms with Gasteiger partial charge in [-0.2, -0.15) is 0 Å². The molecule has 1 amide bonds. The zero-order valence-electron chi connectivity index (χ0n) is 19.4. The molecule has 0 aliphatic carbocycles.